The fraction of sp³-hybridized carbons (Fsp3) is 0.662. The van der Waals surface area contributed by atoms with Gasteiger partial charge in [-0.25, -0.2) is 4.79 Å². The maximum Gasteiger partial charge on any atom is 0.326 e. The van der Waals surface area contributed by atoms with Gasteiger partial charge in [0.2, 0.25) is 106 Å². The molecule has 1 aromatic carbocycles. The SMILES string of the molecule is CC[C@H](C)[C@H](NC(=O)[C@H](CC(N)=O)NC(=O)[C@@H](N)CCC(N)=O)C(=O)N[C@@H](CC(C)C)C(=O)N[C@@H](CC(C)C)C(=O)N[C@@H](CO)C(=O)N[C@@H](CC(N)=O)C(=O)N[C@@H](C)C(=O)N1CCC[C@H]1C(=O)N[C@@H](CC(C)C)C(=O)NCC(=O)N1CCC[C@H]1C(=O)N[C@@H](CCC(N)=O)C(=O)N[C@@H](Cc1ccccc1)C(=O)N1CCC[C@H]1C(=O)O. The Morgan fingerprint density at radius 1 is 0.439 bits per heavy atom. The van der Waals surface area contributed by atoms with Crippen LogP contribution < -0.4 is 87.2 Å². The van der Waals surface area contributed by atoms with E-state index in [4.69, 9.17) is 28.7 Å². The van der Waals surface area contributed by atoms with Crippen LogP contribution in [0, 0.1) is 23.7 Å². The van der Waals surface area contributed by atoms with Crippen molar-refractivity contribution in [1.82, 2.24) is 73.2 Å². The molecule has 3 fully saturated rings. The van der Waals surface area contributed by atoms with Crippen molar-refractivity contribution in [2.24, 2.45) is 52.3 Å². The molecule has 0 radical (unpaired) electrons. The number of primary amides is 4. The molecule has 0 spiro atoms. The van der Waals surface area contributed by atoms with Gasteiger partial charge in [-0.1, -0.05) is 92.1 Å². The van der Waals surface area contributed by atoms with Crippen LogP contribution in [0.1, 0.15) is 171 Å². The number of aliphatic carboxylic acids is 1. The van der Waals surface area contributed by atoms with Crippen molar-refractivity contribution in [3.05, 3.63) is 35.9 Å². The number of benzene rings is 1. The number of hydrogen-bond donors (Lipinski definition) is 18. The maximum absolute atomic E-state index is 14.3. The van der Waals surface area contributed by atoms with E-state index in [0.717, 1.165) is 4.90 Å². The molecule has 3 aliphatic rings. The summed E-state index contributed by atoms with van der Waals surface area (Å²) in [6.45, 7) is 13.3. The van der Waals surface area contributed by atoms with E-state index in [1.165, 1.54) is 16.7 Å². The van der Waals surface area contributed by atoms with Gasteiger partial charge in [0, 0.05) is 38.9 Å². The maximum atomic E-state index is 14.3. The fourth-order valence-corrected chi connectivity index (χ4v) is 13.4. The summed E-state index contributed by atoms with van der Waals surface area (Å²) in [6, 6.07) is -11.4. The lowest BCUT2D eigenvalue weighted by atomic mass is 9.96. The Kier molecular flexibility index (Phi) is 38.8. The molecule has 40 nitrogen and oxygen atoms in total. The summed E-state index contributed by atoms with van der Waals surface area (Å²) in [5.74, 6) is -19.0. The number of aliphatic hydroxyl groups excluding tert-OH is 1. The van der Waals surface area contributed by atoms with Crippen molar-refractivity contribution < 1.29 is 101 Å². The zero-order valence-electron chi connectivity index (χ0n) is 66.2. The minimum Gasteiger partial charge on any atom is -0.480 e. The monoisotopic (exact) mass is 1610 g/mol. The van der Waals surface area contributed by atoms with Gasteiger partial charge in [-0.3, -0.25) is 86.3 Å². The molecule has 18 amide bonds. The average Bonchev–Trinajstić information content (AvgIpc) is 1.65. The first kappa shape index (κ1) is 95.4. The van der Waals surface area contributed by atoms with Crippen LogP contribution in [0.2, 0.25) is 0 Å². The second-order valence-electron chi connectivity index (χ2n) is 30.5. The van der Waals surface area contributed by atoms with Crippen LogP contribution in [-0.4, -0.2) is 255 Å². The van der Waals surface area contributed by atoms with E-state index in [1.807, 2.05) is 0 Å². The first-order chi connectivity index (χ1) is 53.6. The Hall–Kier alpha value is -10.9. The predicted molar refractivity (Wildman–Crippen MR) is 407 cm³/mol. The van der Waals surface area contributed by atoms with Crippen LogP contribution in [0.3, 0.4) is 0 Å². The van der Waals surface area contributed by atoms with E-state index in [0.29, 0.717) is 18.4 Å². The number of hydrogen-bond acceptors (Lipinski definition) is 21. The van der Waals surface area contributed by atoms with Gasteiger partial charge in [-0.2, -0.15) is 0 Å². The molecular weight excluding hydrogens is 1490 g/mol. The molecule has 0 aliphatic carbocycles. The molecular formula is C74H117N19O21. The number of carbonyl (C=O) groups is 19. The zero-order chi connectivity index (χ0) is 85.5. The highest BCUT2D eigenvalue weighted by molar-refractivity contribution is 6.02. The molecule has 3 saturated heterocycles. The van der Waals surface area contributed by atoms with E-state index in [9.17, 15) is 101 Å². The van der Waals surface area contributed by atoms with Gasteiger partial charge < -0.3 is 112 Å². The number of nitrogens with two attached hydrogens (primary N) is 5. The minimum absolute atomic E-state index is 0.0102. The normalized spacial score (nSPS) is 18.4. The summed E-state index contributed by atoms with van der Waals surface area (Å²) >= 11 is 0. The molecule has 0 unspecified atom stereocenters. The third-order valence-electron chi connectivity index (χ3n) is 19.6. The Bertz CT molecular complexity index is 3620. The van der Waals surface area contributed by atoms with Crippen LogP contribution in [0.25, 0.3) is 0 Å². The van der Waals surface area contributed by atoms with Crippen molar-refractivity contribution in [2.75, 3.05) is 32.8 Å². The van der Waals surface area contributed by atoms with Gasteiger partial charge in [0.1, 0.15) is 78.5 Å². The molecule has 1 aromatic rings. The van der Waals surface area contributed by atoms with E-state index in [1.54, 1.807) is 85.7 Å². The molecule has 0 aromatic heterocycles. The predicted octanol–water partition coefficient (Wildman–Crippen LogP) is -5.94. The third-order valence-corrected chi connectivity index (χ3v) is 19.6. The lowest BCUT2D eigenvalue weighted by Gasteiger charge is -2.30. The molecule has 23 N–H and O–H groups in total. The van der Waals surface area contributed by atoms with Crippen LogP contribution in [0.4, 0.5) is 0 Å². The van der Waals surface area contributed by atoms with Crippen LogP contribution in [0.5, 0.6) is 0 Å². The molecule has 3 heterocycles. The smallest absolute Gasteiger partial charge is 0.326 e. The minimum atomic E-state index is -1.87. The van der Waals surface area contributed by atoms with Crippen molar-refractivity contribution >= 4 is 112 Å². The molecule has 114 heavy (non-hydrogen) atoms. The number of aliphatic hydroxyl groups is 1. The lowest BCUT2D eigenvalue weighted by molar-refractivity contribution is -0.149. The van der Waals surface area contributed by atoms with Crippen LogP contribution in [0.15, 0.2) is 30.3 Å². The highest BCUT2D eigenvalue weighted by Crippen LogP contribution is 2.24. The molecule has 634 valence electrons. The van der Waals surface area contributed by atoms with Crippen molar-refractivity contribution in [1.29, 1.82) is 0 Å². The molecule has 0 saturated carbocycles. The fourth-order valence-electron chi connectivity index (χ4n) is 13.4. The largest absolute Gasteiger partial charge is 0.480 e. The highest BCUT2D eigenvalue weighted by Gasteiger charge is 2.44. The van der Waals surface area contributed by atoms with E-state index >= 15 is 0 Å². The van der Waals surface area contributed by atoms with Crippen molar-refractivity contribution in [2.45, 2.75) is 256 Å². The lowest BCUT2D eigenvalue weighted by Crippen LogP contribution is -2.62. The van der Waals surface area contributed by atoms with E-state index < -0.39 is 229 Å². The number of rotatable bonds is 47. The molecule has 4 rings (SSSR count). The van der Waals surface area contributed by atoms with E-state index in [-0.39, 0.29) is 121 Å². The number of carboxylic acid groups (broad SMARTS) is 1. The van der Waals surface area contributed by atoms with E-state index in [2.05, 4.69) is 58.5 Å². The topological polar surface area (TPSA) is 637 Å². The van der Waals surface area contributed by atoms with Crippen molar-refractivity contribution in [3.8, 4) is 0 Å². The first-order valence-electron chi connectivity index (χ1n) is 38.6. The summed E-state index contributed by atoms with van der Waals surface area (Å²) in [5.41, 5.74) is 28.0. The van der Waals surface area contributed by atoms with Crippen molar-refractivity contribution in [3.63, 3.8) is 0 Å². The summed E-state index contributed by atoms with van der Waals surface area (Å²) in [4.78, 5) is 259. The van der Waals surface area contributed by atoms with Crippen LogP contribution in [-0.2, 0) is 97.5 Å². The summed E-state index contributed by atoms with van der Waals surface area (Å²) < 4.78 is 0. The van der Waals surface area contributed by atoms with Crippen LogP contribution >= 0.6 is 0 Å². The number of amides is 18. The zero-order valence-corrected chi connectivity index (χ0v) is 66.2. The molecule has 3 aliphatic heterocycles. The Labute approximate surface area is 661 Å². The molecule has 15 atom stereocenters. The van der Waals surface area contributed by atoms with Gasteiger partial charge in [-0.15, -0.1) is 0 Å². The number of nitrogens with one attached hydrogen (secondary N) is 11. The Balaban J connectivity index is 1.42. The van der Waals surface area contributed by atoms with Gasteiger partial charge >= 0.3 is 5.97 Å². The first-order valence-corrected chi connectivity index (χ1v) is 38.6. The second-order valence-corrected chi connectivity index (χ2v) is 30.5. The average molecular weight is 1610 g/mol. The van der Waals surface area contributed by atoms with Gasteiger partial charge in [0.15, 0.2) is 0 Å². The number of carbonyl (C=O) groups excluding carboxylic acids is 18. The Morgan fingerprint density at radius 2 is 0.842 bits per heavy atom. The standard InChI is InChI=1S/C74H117N19O21/c1-10-40(8)60(90-67(106)49(34-58(79)98)83-61(100)43(75)22-24-55(76)95)71(110)87-47(31-39(6)7)65(104)84-46(30-38(4)5)66(105)89-51(36-94)68(107)85-48(33-57(78)97)64(103)81-41(9)72(111)92-27-15-20-53(92)70(109)86-45(29-37(2)3)62(101)80-35-59(99)91-26-14-19-52(91)69(108)82-44(23-25-56(77)96)63(102)88-50(32-42-17-12-11-13-18-42)73(112)93-28-16-21-54(93)74(113)114/h11-13,17-18,37-41,43-54,60,94H,10,14-16,19-36,75H2,1-9H3,(H2,76,95)(H2,77,96)(H2,78,97)(H2,79,98)(H,80,101)(H,81,103)(H,82,108)(H,83,100)(H,84,104)(H,85,107)(H,86,109)(H,87,110)(H,88,102)(H,89,105)(H,90,106)(H,113,114)/t40-,41-,43-,44-,45-,46-,47-,48-,49-,50-,51-,52-,53-,54-,60-/m0/s1. The quantitative estimate of drug-likeness (QED) is 0.0289. The summed E-state index contributed by atoms with van der Waals surface area (Å²) in [5, 5.41) is 47.9. The summed E-state index contributed by atoms with van der Waals surface area (Å²) in [7, 11) is 0. The second kappa shape index (κ2) is 46.3. The number of nitrogens with zero attached hydrogens (tertiary/aromatic N) is 3. The molecule has 0 bridgehead atoms. The highest BCUT2D eigenvalue weighted by atomic mass is 16.4. The van der Waals surface area contributed by atoms with Gasteiger partial charge in [0.05, 0.1) is 32.0 Å². The Morgan fingerprint density at radius 3 is 1.33 bits per heavy atom. The number of likely N-dealkylation sites (tertiary alicyclic amines) is 3. The number of carboxylic acids is 1. The third kappa shape index (κ3) is 30.5. The van der Waals surface area contributed by atoms with Gasteiger partial charge in [-0.05, 0) is 107 Å². The van der Waals surface area contributed by atoms with Gasteiger partial charge in [0.25, 0.3) is 0 Å². The molecule has 40 heteroatoms. The summed E-state index contributed by atoms with van der Waals surface area (Å²) in [6.07, 6.45) is -1.21.